The predicted octanol–water partition coefficient (Wildman–Crippen LogP) is 1.61. The molecule has 5 nitrogen and oxygen atoms in total. The predicted molar refractivity (Wildman–Crippen MR) is 61.0 cm³/mol. The first kappa shape index (κ1) is 12.6. The molecule has 7 heteroatoms. The van der Waals surface area contributed by atoms with Crippen LogP contribution in [0.2, 0.25) is 5.02 Å². The molecular formula is C9H9ClN2O3S. The van der Waals surface area contributed by atoms with E-state index in [4.69, 9.17) is 21.6 Å². The van der Waals surface area contributed by atoms with Gasteiger partial charge in [0.05, 0.1) is 23.9 Å². The second-order valence-electron chi connectivity index (χ2n) is 2.87. The molecule has 0 spiro atoms. The van der Waals surface area contributed by atoms with Crippen molar-refractivity contribution in [2.75, 3.05) is 17.6 Å². The first-order chi connectivity index (χ1) is 7.48. The number of nitriles is 1. The van der Waals surface area contributed by atoms with Crippen LogP contribution in [0.1, 0.15) is 0 Å². The third-order valence-corrected chi connectivity index (χ3v) is 3.06. The van der Waals surface area contributed by atoms with Crippen molar-refractivity contribution in [3.8, 4) is 11.8 Å². The van der Waals surface area contributed by atoms with Crippen LogP contribution in [0.25, 0.3) is 0 Å². The van der Waals surface area contributed by atoms with E-state index in [0.717, 1.165) is 0 Å². The lowest BCUT2D eigenvalue weighted by Gasteiger charge is -2.08. The third-order valence-electron chi connectivity index (χ3n) is 1.69. The van der Waals surface area contributed by atoms with Gasteiger partial charge in [0.1, 0.15) is 5.75 Å². The average Bonchev–Trinajstić information content (AvgIpc) is 2.21. The Morgan fingerprint density at radius 2 is 2.25 bits per heavy atom. The molecule has 1 rings (SSSR count). The van der Waals surface area contributed by atoms with Crippen LogP contribution < -0.4 is 9.46 Å². The van der Waals surface area contributed by atoms with Crippen LogP contribution >= 0.6 is 11.6 Å². The second kappa shape index (κ2) is 5.05. The van der Waals surface area contributed by atoms with E-state index in [1.165, 1.54) is 19.2 Å². The van der Waals surface area contributed by atoms with Crippen molar-refractivity contribution in [2.24, 2.45) is 0 Å². The topological polar surface area (TPSA) is 79.2 Å². The van der Waals surface area contributed by atoms with E-state index in [1.54, 1.807) is 12.1 Å². The third kappa shape index (κ3) is 3.29. The van der Waals surface area contributed by atoms with Gasteiger partial charge in [-0.1, -0.05) is 11.6 Å². The maximum atomic E-state index is 11.3. The Bertz CT molecular complexity index is 522. The Labute approximate surface area is 98.6 Å². The van der Waals surface area contributed by atoms with Gasteiger partial charge in [0.15, 0.2) is 5.75 Å². The van der Waals surface area contributed by atoms with E-state index < -0.39 is 15.8 Å². The van der Waals surface area contributed by atoms with Crippen LogP contribution in [0.5, 0.6) is 5.75 Å². The number of anilines is 1. The Kier molecular flexibility index (Phi) is 3.99. The lowest BCUT2D eigenvalue weighted by Crippen LogP contribution is -2.15. The van der Waals surface area contributed by atoms with Gasteiger partial charge in [0.2, 0.25) is 10.0 Å². The van der Waals surface area contributed by atoms with Crippen LogP contribution in [-0.4, -0.2) is 21.3 Å². The summed E-state index contributed by atoms with van der Waals surface area (Å²) in [5, 5.41) is 8.56. The molecule has 0 unspecified atom stereocenters. The van der Waals surface area contributed by atoms with E-state index in [2.05, 4.69) is 4.72 Å². The largest absolute Gasteiger partial charge is 0.497 e. The van der Waals surface area contributed by atoms with Crippen LogP contribution in [0.4, 0.5) is 5.69 Å². The van der Waals surface area contributed by atoms with Gasteiger partial charge in [-0.15, -0.1) is 0 Å². The fraction of sp³-hybridized carbons (Fsp3) is 0.222. The van der Waals surface area contributed by atoms with Crippen molar-refractivity contribution in [1.82, 2.24) is 0 Å². The number of benzene rings is 1. The minimum Gasteiger partial charge on any atom is -0.497 e. The summed E-state index contributed by atoms with van der Waals surface area (Å²) in [6.45, 7) is 0. The zero-order valence-corrected chi connectivity index (χ0v) is 9.97. The molecule has 0 aromatic heterocycles. The molecule has 0 aliphatic carbocycles. The van der Waals surface area contributed by atoms with Gasteiger partial charge in [0, 0.05) is 6.07 Å². The highest BCUT2D eigenvalue weighted by molar-refractivity contribution is 7.92. The maximum Gasteiger partial charge on any atom is 0.246 e. The smallest absolute Gasteiger partial charge is 0.246 e. The van der Waals surface area contributed by atoms with E-state index in [-0.39, 0.29) is 10.7 Å². The fourth-order valence-electron chi connectivity index (χ4n) is 0.998. The number of halogens is 1. The van der Waals surface area contributed by atoms with Gasteiger partial charge in [0.25, 0.3) is 0 Å². The molecule has 0 fully saturated rings. The molecule has 0 heterocycles. The zero-order valence-electron chi connectivity index (χ0n) is 8.40. The maximum absolute atomic E-state index is 11.3. The Hall–Kier alpha value is -1.45. The van der Waals surface area contributed by atoms with Crippen LogP contribution in [0.3, 0.4) is 0 Å². The van der Waals surface area contributed by atoms with Crippen LogP contribution in [0, 0.1) is 11.3 Å². The fourth-order valence-corrected chi connectivity index (χ4v) is 1.97. The number of rotatable bonds is 4. The molecule has 1 N–H and O–H groups in total. The summed E-state index contributed by atoms with van der Waals surface area (Å²) in [4.78, 5) is 0. The van der Waals surface area contributed by atoms with Crippen molar-refractivity contribution in [1.29, 1.82) is 5.26 Å². The molecule has 0 saturated carbocycles. The standard InChI is InChI=1S/C9H9ClN2O3S/c1-15-7-2-3-8(10)9(6-7)12-16(13,14)5-4-11/h2-3,6,12H,5H2,1H3. The van der Waals surface area contributed by atoms with Crippen molar-refractivity contribution in [2.45, 2.75) is 0 Å². The van der Waals surface area contributed by atoms with Crippen molar-refractivity contribution in [3.05, 3.63) is 23.2 Å². The van der Waals surface area contributed by atoms with Gasteiger partial charge in [-0.3, -0.25) is 4.72 Å². The molecule has 0 radical (unpaired) electrons. The quantitative estimate of drug-likeness (QED) is 0.892. The number of nitrogens with zero attached hydrogens (tertiary/aromatic N) is 1. The van der Waals surface area contributed by atoms with Crippen molar-refractivity contribution < 1.29 is 13.2 Å². The van der Waals surface area contributed by atoms with E-state index in [1.807, 2.05) is 0 Å². The Morgan fingerprint density at radius 1 is 1.56 bits per heavy atom. The summed E-state index contributed by atoms with van der Waals surface area (Å²) in [6.07, 6.45) is 0. The summed E-state index contributed by atoms with van der Waals surface area (Å²) in [5.74, 6) is -0.153. The summed E-state index contributed by atoms with van der Waals surface area (Å²) >= 11 is 5.79. The molecule has 86 valence electrons. The number of hydrogen-bond acceptors (Lipinski definition) is 4. The SMILES string of the molecule is COc1ccc(Cl)c(NS(=O)(=O)CC#N)c1. The molecule has 0 saturated heterocycles. The van der Waals surface area contributed by atoms with Gasteiger partial charge < -0.3 is 4.74 Å². The molecule has 0 aliphatic rings. The normalized spacial score (nSPS) is 10.6. The number of hydrogen-bond donors (Lipinski definition) is 1. The number of nitrogens with one attached hydrogen (secondary N) is 1. The highest BCUT2D eigenvalue weighted by Gasteiger charge is 2.12. The first-order valence-corrected chi connectivity index (χ1v) is 6.22. The van der Waals surface area contributed by atoms with Crippen molar-refractivity contribution >= 4 is 27.3 Å². The van der Waals surface area contributed by atoms with Gasteiger partial charge in [-0.25, -0.2) is 8.42 Å². The Morgan fingerprint density at radius 3 is 2.81 bits per heavy atom. The summed E-state index contributed by atoms with van der Waals surface area (Å²) in [7, 11) is -2.23. The monoisotopic (exact) mass is 260 g/mol. The lowest BCUT2D eigenvalue weighted by atomic mass is 10.3. The van der Waals surface area contributed by atoms with Gasteiger partial charge >= 0.3 is 0 Å². The zero-order chi connectivity index (χ0) is 12.2. The van der Waals surface area contributed by atoms with Crippen LogP contribution in [0.15, 0.2) is 18.2 Å². The lowest BCUT2D eigenvalue weighted by molar-refractivity contribution is 0.415. The molecule has 0 amide bonds. The Balaban J connectivity index is 3.02. The molecule has 0 atom stereocenters. The minimum absolute atomic E-state index is 0.191. The molecular weight excluding hydrogens is 252 g/mol. The second-order valence-corrected chi connectivity index (χ2v) is 4.99. The molecule has 0 aliphatic heterocycles. The summed E-state index contributed by atoms with van der Waals surface area (Å²) < 4.78 is 29.8. The summed E-state index contributed by atoms with van der Waals surface area (Å²) in [6, 6.07) is 6.10. The molecule has 1 aromatic carbocycles. The van der Waals surface area contributed by atoms with E-state index in [0.29, 0.717) is 5.75 Å². The van der Waals surface area contributed by atoms with E-state index in [9.17, 15) is 8.42 Å². The molecule has 16 heavy (non-hydrogen) atoms. The molecule has 1 aromatic rings. The van der Waals surface area contributed by atoms with Gasteiger partial charge in [-0.2, -0.15) is 5.26 Å². The average molecular weight is 261 g/mol. The first-order valence-electron chi connectivity index (χ1n) is 4.19. The molecule has 0 bridgehead atoms. The number of ether oxygens (including phenoxy) is 1. The number of methoxy groups -OCH3 is 1. The number of sulfonamides is 1. The minimum atomic E-state index is -3.68. The van der Waals surface area contributed by atoms with Crippen LogP contribution in [-0.2, 0) is 10.0 Å². The van der Waals surface area contributed by atoms with E-state index >= 15 is 0 Å². The highest BCUT2D eigenvalue weighted by atomic mass is 35.5. The van der Waals surface area contributed by atoms with Gasteiger partial charge in [-0.05, 0) is 12.1 Å². The highest BCUT2D eigenvalue weighted by Crippen LogP contribution is 2.27. The summed E-state index contributed by atoms with van der Waals surface area (Å²) in [5.41, 5.74) is 0.191. The van der Waals surface area contributed by atoms with Crippen molar-refractivity contribution in [3.63, 3.8) is 0 Å².